The lowest BCUT2D eigenvalue weighted by molar-refractivity contribution is 0.439. The number of benzene rings is 2. The molecule has 0 heterocycles. The van der Waals surface area contributed by atoms with Gasteiger partial charge in [-0.1, -0.05) is 30.4 Å². The maximum Gasteiger partial charge on any atom is 0.296 e. The van der Waals surface area contributed by atoms with Crippen LogP contribution >= 0.6 is 0 Å². The van der Waals surface area contributed by atoms with Crippen molar-refractivity contribution in [1.29, 1.82) is 0 Å². The van der Waals surface area contributed by atoms with Gasteiger partial charge in [0.1, 0.15) is 11.0 Å². The third-order valence-corrected chi connectivity index (χ3v) is 9.57. The molecule has 2 aromatic carbocycles. The van der Waals surface area contributed by atoms with Crippen LogP contribution < -0.4 is 0 Å². The summed E-state index contributed by atoms with van der Waals surface area (Å²) in [5.41, 5.74) is -0.694. The van der Waals surface area contributed by atoms with Crippen LogP contribution in [0.2, 0.25) is 0 Å². The Morgan fingerprint density at radius 2 is 1.48 bits per heavy atom. The SMILES string of the molecule is O=S(=O)(O)C1C=CC2=CC(S(=O)(=O)O)(S(=O)(=O)O)c3ccc(O)c4ccc1c2c34. The first-order valence-corrected chi connectivity index (χ1v) is 12.2. The van der Waals surface area contributed by atoms with E-state index in [4.69, 9.17) is 0 Å². The van der Waals surface area contributed by atoms with Gasteiger partial charge >= 0.3 is 0 Å². The fraction of sp³-hybridized carbons (Fsp3) is 0.125. The molecule has 0 radical (unpaired) electrons. The molecule has 4 rings (SSSR count). The molecule has 0 aromatic heterocycles. The van der Waals surface area contributed by atoms with Crippen molar-refractivity contribution in [2.24, 2.45) is 0 Å². The van der Waals surface area contributed by atoms with E-state index in [-0.39, 0.29) is 33.2 Å². The number of phenolic OH excluding ortho intramolecular Hbond substituents is 1. The molecule has 2 aliphatic rings. The molecule has 4 N–H and O–H groups in total. The van der Waals surface area contributed by atoms with E-state index in [0.717, 1.165) is 24.3 Å². The van der Waals surface area contributed by atoms with E-state index in [9.17, 15) is 44.0 Å². The summed E-state index contributed by atoms with van der Waals surface area (Å²) in [7, 11) is -15.7. The largest absolute Gasteiger partial charge is 0.507 e. The van der Waals surface area contributed by atoms with Crippen molar-refractivity contribution in [3.8, 4) is 5.75 Å². The van der Waals surface area contributed by atoms with E-state index in [0.29, 0.717) is 6.08 Å². The molecule has 0 saturated heterocycles. The summed E-state index contributed by atoms with van der Waals surface area (Å²) in [6.07, 6.45) is 2.65. The molecule has 1 unspecified atom stereocenters. The smallest absolute Gasteiger partial charge is 0.296 e. The van der Waals surface area contributed by atoms with Crippen molar-refractivity contribution in [2.75, 3.05) is 0 Å². The zero-order valence-electron chi connectivity index (χ0n) is 14.1. The summed E-state index contributed by atoms with van der Waals surface area (Å²) >= 11 is 0. The molecule has 10 nitrogen and oxygen atoms in total. The van der Waals surface area contributed by atoms with Crippen molar-refractivity contribution in [3.63, 3.8) is 0 Å². The predicted octanol–water partition coefficient (Wildman–Crippen LogP) is 1.37. The Morgan fingerprint density at radius 3 is 2.03 bits per heavy atom. The first-order chi connectivity index (χ1) is 13.2. The fourth-order valence-electron chi connectivity index (χ4n) is 3.89. The van der Waals surface area contributed by atoms with Crippen LogP contribution in [0.1, 0.15) is 21.9 Å². The van der Waals surface area contributed by atoms with E-state index >= 15 is 0 Å². The average Bonchev–Trinajstić information content (AvgIpc) is 2.57. The molecule has 2 aromatic rings. The Hall–Kier alpha value is -2.29. The first-order valence-electron chi connectivity index (χ1n) is 7.81. The standard InChI is InChI=1S/C16H12O10S3/c17-12-5-4-11-15-9(12)2-3-10-13(27(18,19)20)6-1-8(14(10)15)7-16(11,28(21,22)23)29(24,25)26/h1-7,13,17H,(H,18,19,20)(H,21,22,23)(H,24,25,26). The van der Waals surface area contributed by atoms with Crippen LogP contribution in [0.25, 0.3) is 16.3 Å². The van der Waals surface area contributed by atoms with Gasteiger partial charge in [0.2, 0.25) is 0 Å². The Labute approximate surface area is 165 Å². The van der Waals surface area contributed by atoms with Crippen molar-refractivity contribution in [1.82, 2.24) is 0 Å². The number of rotatable bonds is 3. The predicted molar refractivity (Wildman–Crippen MR) is 102 cm³/mol. The van der Waals surface area contributed by atoms with Crippen molar-refractivity contribution < 1.29 is 44.0 Å². The second kappa shape index (κ2) is 5.65. The minimum absolute atomic E-state index is 0.000115. The molecule has 0 aliphatic heterocycles. The van der Waals surface area contributed by atoms with Gasteiger partial charge in [-0.15, -0.1) is 0 Å². The van der Waals surface area contributed by atoms with Crippen LogP contribution in [-0.4, -0.2) is 44.0 Å². The Bertz CT molecular complexity index is 1450. The zero-order chi connectivity index (χ0) is 21.6. The number of hydrogen-bond donors (Lipinski definition) is 4. The summed E-state index contributed by atoms with van der Waals surface area (Å²) in [4.78, 5) is 0. The Kier molecular flexibility index (Phi) is 3.90. The monoisotopic (exact) mass is 460 g/mol. The summed E-state index contributed by atoms with van der Waals surface area (Å²) in [6, 6.07) is 4.37. The van der Waals surface area contributed by atoms with Crippen molar-refractivity contribution in [3.05, 3.63) is 59.2 Å². The maximum absolute atomic E-state index is 12.2. The Morgan fingerprint density at radius 1 is 0.862 bits per heavy atom. The molecule has 0 fully saturated rings. The van der Waals surface area contributed by atoms with Crippen molar-refractivity contribution >= 4 is 46.7 Å². The lowest BCUT2D eigenvalue weighted by atomic mass is 9.81. The van der Waals surface area contributed by atoms with Gasteiger partial charge in [0.25, 0.3) is 34.4 Å². The molecule has 0 spiro atoms. The van der Waals surface area contributed by atoms with E-state index in [1.54, 1.807) is 0 Å². The maximum atomic E-state index is 12.2. The van der Waals surface area contributed by atoms with E-state index in [2.05, 4.69) is 0 Å². The summed E-state index contributed by atoms with van der Waals surface area (Å²) in [6.45, 7) is 0. The van der Waals surface area contributed by atoms with Crippen LogP contribution in [-0.2, 0) is 34.4 Å². The topological polar surface area (TPSA) is 183 Å². The molecular weight excluding hydrogens is 448 g/mol. The summed E-state index contributed by atoms with van der Waals surface area (Å²) in [5, 5.41) is 8.40. The third kappa shape index (κ3) is 2.52. The molecule has 29 heavy (non-hydrogen) atoms. The van der Waals surface area contributed by atoms with Gasteiger partial charge in [0, 0.05) is 10.9 Å². The highest BCUT2D eigenvalue weighted by atomic mass is 32.3. The van der Waals surface area contributed by atoms with E-state index in [1.807, 2.05) is 0 Å². The van der Waals surface area contributed by atoms with Gasteiger partial charge < -0.3 is 5.11 Å². The highest BCUT2D eigenvalue weighted by molar-refractivity contribution is 8.04. The van der Waals surface area contributed by atoms with Crippen LogP contribution in [0.15, 0.2) is 42.5 Å². The van der Waals surface area contributed by atoms with E-state index in [1.165, 1.54) is 12.1 Å². The second-order valence-corrected chi connectivity index (χ2v) is 11.6. The lowest BCUT2D eigenvalue weighted by Gasteiger charge is -2.34. The fourth-order valence-corrected chi connectivity index (χ4v) is 7.19. The van der Waals surface area contributed by atoms with Crippen molar-refractivity contribution in [2.45, 2.75) is 9.33 Å². The lowest BCUT2D eigenvalue weighted by Crippen LogP contribution is -2.43. The Balaban J connectivity index is 2.32. The summed E-state index contributed by atoms with van der Waals surface area (Å²) < 4.78 is 98.3. The highest BCUT2D eigenvalue weighted by Crippen LogP contribution is 2.53. The van der Waals surface area contributed by atoms with Gasteiger partial charge in [-0.2, -0.15) is 25.3 Å². The minimum atomic E-state index is -5.52. The van der Waals surface area contributed by atoms with Gasteiger partial charge in [0.15, 0.2) is 0 Å². The number of aromatic hydroxyl groups is 1. The molecule has 0 bridgehead atoms. The minimum Gasteiger partial charge on any atom is -0.507 e. The molecule has 0 saturated carbocycles. The van der Waals surface area contributed by atoms with Gasteiger partial charge in [-0.25, -0.2) is 0 Å². The molecule has 13 heteroatoms. The highest BCUT2D eigenvalue weighted by Gasteiger charge is 2.58. The summed E-state index contributed by atoms with van der Waals surface area (Å²) in [5.74, 6) is -0.384. The molecule has 1 atom stereocenters. The van der Waals surface area contributed by atoms with Crippen LogP contribution in [0, 0.1) is 0 Å². The third-order valence-electron chi connectivity index (χ3n) is 5.04. The average molecular weight is 460 g/mol. The number of hydrogen-bond acceptors (Lipinski definition) is 7. The molecule has 2 aliphatic carbocycles. The normalized spacial score (nSPS) is 20.5. The number of allylic oxidation sites excluding steroid dienone is 2. The molecule has 154 valence electrons. The number of phenols is 1. The van der Waals surface area contributed by atoms with E-state index < -0.39 is 45.2 Å². The van der Waals surface area contributed by atoms with Gasteiger partial charge in [0.05, 0.1) is 0 Å². The molecule has 0 amide bonds. The quantitative estimate of drug-likeness (QED) is 0.488. The van der Waals surface area contributed by atoms with Gasteiger partial charge in [-0.3, -0.25) is 13.7 Å². The molecular formula is C16H12O10S3. The van der Waals surface area contributed by atoms with Crippen LogP contribution in [0.4, 0.5) is 0 Å². The second-order valence-electron chi connectivity index (χ2n) is 6.60. The first kappa shape index (κ1) is 20.0. The van der Waals surface area contributed by atoms with Gasteiger partial charge in [-0.05, 0) is 34.2 Å². The van der Waals surface area contributed by atoms with Crippen LogP contribution in [0.5, 0.6) is 5.75 Å². The zero-order valence-corrected chi connectivity index (χ0v) is 16.5. The van der Waals surface area contributed by atoms with Crippen LogP contribution in [0.3, 0.4) is 0 Å².